The summed E-state index contributed by atoms with van der Waals surface area (Å²) in [5.41, 5.74) is 0.322. The van der Waals surface area contributed by atoms with Crippen LogP contribution in [0.5, 0.6) is 0 Å². The average molecular weight is 481 g/mol. The third-order valence-electron chi connectivity index (χ3n) is 6.30. The number of morpholine rings is 1. The van der Waals surface area contributed by atoms with Crippen LogP contribution in [0.15, 0.2) is 29.2 Å². The third-order valence-corrected chi connectivity index (χ3v) is 7.72. The van der Waals surface area contributed by atoms with Crippen LogP contribution in [0.2, 0.25) is 0 Å². The van der Waals surface area contributed by atoms with E-state index >= 15 is 0 Å². The summed E-state index contributed by atoms with van der Waals surface area (Å²) >= 11 is 0. The van der Waals surface area contributed by atoms with Gasteiger partial charge in [0.2, 0.25) is 15.9 Å². The Morgan fingerprint density at radius 3 is 2.42 bits per heavy atom. The standard InChI is InChI=1S/C22H32N4O6S/c27-21(17-24-10-13-31-14-11-24)25-6-8-26(9-7-25)22(28)18-3-1-5-20(15-18)33(29,30)23-16-19-4-2-12-32-19/h1,3,5,15,19,23H,2,4,6-14,16-17H2. The molecule has 4 rings (SSSR count). The summed E-state index contributed by atoms with van der Waals surface area (Å²) in [6.45, 7) is 5.83. The summed E-state index contributed by atoms with van der Waals surface area (Å²) in [6, 6.07) is 6.10. The van der Waals surface area contributed by atoms with Crippen LogP contribution in [0.3, 0.4) is 0 Å². The fourth-order valence-electron chi connectivity index (χ4n) is 4.28. The number of nitrogens with zero attached hydrogens (tertiary/aromatic N) is 3. The zero-order valence-electron chi connectivity index (χ0n) is 18.8. The molecule has 3 heterocycles. The molecule has 1 aromatic rings. The molecule has 3 aliphatic heterocycles. The van der Waals surface area contributed by atoms with Gasteiger partial charge in [-0.3, -0.25) is 14.5 Å². The molecule has 3 aliphatic rings. The van der Waals surface area contributed by atoms with Crippen molar-refractivity contribution in [3.63, 3.8) is 0 Å². The molecule has 1 aromatic carbocycles. The van der Waals surface area contributed by atoms with E-state index in [1.54, 1.807) is 21.9 Å². The summed E-state index contributed by atoms with van der Waals surface area (Å²) in [4.78, 5) is 31.2. The first-order valence-electron chi connectivity index (χ1n) is 11.5. The fourth-order valence-corrected chi connectivity index (χ4v) is 5.39. The number of ether oxygens (including phenoxy) is 2. The minimum absolute atomic E-state index is 0.0608. The van der Waals surface area contributed by atoms with Gasteiger partial charge in [0.15, 0.2) is 0 Å². The van der Waals surface area contributed by atoms with Gasteiger partial charge in [0, 0.05) is 58.0 Å². The average Bonchev–Trinajstić information content (AvgIpc) is 3.37. The molecule has 33 heavy (non-hydrogen) atoms. The second kappa shape index (κ2) is 10.9. The van der Waals surface area contributed by atoms with Crippen molar-refractivity contribution in [1.82, 2.24) is 19.4 Å². The molecule has 10 nitrogen and oxygen atoms in total. The Labute approximate surface area is 194 Å². The number of nitrogens with one attached hydrogen (secondary N) is 1. The smallest absolute Gasteiger partial charge is 0.254 e. The molecule has 0 bridgehead atoms. The van der Waals surface area contributed by atoms with Gasteiger partial charge in [-0.25, -0.2) is 13.1 Å². The normalized spacial score (nSPS) is 22.5. The molecule has 3 fully saturated rings. The van der Waals surface area contributed by atoms with E-state index in [1.807, 2.05) is 0 Å². The Morgan fingerprint density at radius 2 is 1.73 bits per heavy atom. The molecule has 11 heteroatoms. The molecule has 1 unspecified atom stereocenters. The van der Waals surface area contributed by atoms with E-state index < -0.39 is 10.0 Å². The first kappa shape index (κ1) is 24.1. The Bertz CT molecular complexity index is 936. The monoisotopic (exact) mass is 480 g/mol. The summed E-state index contributed by atoms with van der Waals surface area (Å²) in [5.74, 6) is -0.166. The zero-order valence-corrected chi connectivity index (χ0v) is 19.6. The first-order valence-corrected chi connectivity index (χ1v) is 13.0. The molecule has 3 saturated heterocycles. The van der Waals surface area contributed by atoms with Gasteiger partial charge in [-0.05, 0) is 31.0 Å². The van der Waals surface area contributed by atoms with Crippen LogP contribution < -0.4 is 4.72 Å². The van der Waals surface area contributed by atoms with E-state index in [9.17, 15) is 18.0 Å². The maximum absolute atomic E-state index is 13.0. The number of hydrogen-bond acceptors (Lipinski definition) is 7. The van der Waals surface area contributed by atoms with E-state index in [-0.39, 0.29) is 29.4 Å². The molecule has 1 N–H and O–H groups in total. The molecule has 0 radical (unpaired) electrons. The van der Waals surface area contributed by atoms with E-state index in [2.05, 4.69) is 9.62 Å². The number of hydrogen-bond donors (Lipinski definition) is 1. The maximum Gasteiger partial charge on any atom is 0.254 e. The van der Waals surface area contributed by atoms with Gasteiger partial charge < -0.3 is 19.3 Å². The van der Waals surface area contributed by atoms with Gasteiger partial charge in [-0.1, -0.05) is 6.07 Å². The second-order valence-corrected chi connectivity index (χ2v) is 10.3. The van der Waals surface area contributed by atoms with Crippen LogP contribution in [0.25, 0.3) is 0 Å². The Morgan fingerprint density at radius 1 is 1.00 bits per heavy atom. The van der Waals surface area contributed by atoms with Crippen molar-refractivity contribution in [3.8, 4) is 0 Å². The Hall–Kier alpha value is -2.05. The molecule has 2 amide bonds. The summed E-state index contributed by atoms with van der Waals surface area (Å²) in [7, 11) is -3.74. The van der Waals surface area contributed by atoms with E-state index in [0.29, 0.717) is 58.1 Å². The summed E-state index contributed by atoms with van der Waals surface area (Å²) in [5, 5.41) is 0. The van der Waals surface area contributed by atoms with Crippen LogP contribution in [-0.4, -0.2) is 113 Å². The van der Waals surface area contributed by atoms with Crippen molar-refractivity contribution in [2.24, 2.45) is 0 Å². The number of amides is 2. The van der Waals surface area contributed by atoms with E-state index in [0.717, 1.165) is 25.9 Å². The summed E-state index contributed by atoms with van der Waals surface area (Å²) < 4.78 is 38.7. The number of benzene rings is 1. The SMILES string of the molecule is O=C(CN1CCOCC1)N1CCN(C(=O)c2cccc(S(=O)(=O)NCC3CCCO3)c2)CC1. The van der Waals surface area contributed by atoms with Gasteiger partial charge in [-0.15, -0.1) is 0 Å². The lowest BCUT2D eigenvalue weighted by Crippen LogP contribution is -2.53. The number of piperazine rings is 1. The highest BCUT2D eigenvalue weighted by Crippen LogP contribution is 2.16. The van der Waals surface area contributed by atoms with Crippen LogP contribution in [0.4, 0.5) is 0 Å². The maximum atomic E-state index is 13.0. The highest BCUT2D eigenvalue weighted by atomic mass is 32.2. The molecule has 0 aromatic heterocycles. The minimum atomic E-state index is -3.74. The fraction of sp³-hybridized carbons (Fsp3) is 0.636. The highest BCUT2D eigenvalue weighted by molar-refractivity contribution is 7.89. The lowest BCUT2D eigenvalue weighted by molar-refractivity contribution is -0.134. The predicted octanol–water partition coefficient (Wildman–Crippen LogP) is -0.239. The van der Waals surface area contributed by atoms with E-state index in [1.165, 1.54) is 12.1 Å². The van der Waals surface area contributed by atoms with Crippen LogP contribution in [-0.2, 0) is 24.3 Å². The largest absolute Gasteiger partial charge is 0.379 e. The molecular weight excluding hydrogens is 448 g/mol. The van der Waals surface area contributed by atoms with Crippen molar-refractivity contribution in [1.29, 1.82) is 0 Å². The van der Waals surface area contributed by atoms with Crippen molar-refractivity contribution in [2.45, 2.75) is 23.8 Å². The van der Waals surface area contributed by atoms with Gasteiger partial charge >= 0.3 is 0 Å². The van der Waals surface area contributed by atoms with Gasteiger partial charge in [0.25, 0.3) is 5.91 Å². The molecule has 1 atom stereocenters. The highest BCUT2D eigenvalue weighted by Gasteiger charge is 2.27. The van der Waals surface area contributed by atoms with Gasteiger partial charge in [-0.2, -0.15) is 0 Å². The molecule has 0 spiro atoms. The van der Waals surface area contributed by atoms with Crippen molar-refractivity contribution in [2.75, 3.05) is 72.2 Å². The van der Waals surface area contributed by atoms with Crippen LogP contribution >= 0.6 is 0 Å². The number of sulfonamides is 1. The Balaban J connectivity index is 1.30. The van der Waals surface area contributed by atoms with E-state index in [4.69, 9.17) is 9.47 Å². The van der Waals surface area contributed by atoms with Crippen molar-refractivity contribution >= 4 is 21.8 Å². The van der Waals surface area contributed by atoms with Crippen LogP contribution in [0.1, 0.15) is 23.2 Å². The van der Waals surface area contributed by atoms with Crippen molar-refractivity contribution < 1.29 is 27.5 Å². The Kier molecular flexibility index (Phi) is 7.97. The summed E-state index contributed by atoms with van der Waals surface area (Å²) in [6.07, 6.45) is 1.66. The molecular formula is C22H32N4O6S. The molecule has 0 aliphatic carbocycles. The van der Waals surface area contributed by atoms with Crippen molar-refractivity contribution in [3.05, 3.63) is 29.8 Å². The topological polar surface area (TPSA) is 108 Å². The predicted molar refractivity (Wildman–Crippen MR) is 120 cm³/mol. The minimum Gasteiger partial charge on any atom is -0.379 e. The third kappa shape index (κ3) is 6.30. The lowest BCUT2D eigenvalue weighted by Gasteiger charge is -2.36. The number of rotatable bonds is 7. The van der Waals surface area contributed by atoms with Gasteiger partial charge in [0.05, 0.1) is 30.8 Å². The first-order chi connectivity index (χ1) is 15.9. The number of carbonyl (C=O) groups is 2. The zero-order chi connectivity index (χ0) is 23.3. The molecule has 182 valence electrons. The quantitative estimate of drug-likeness (QED) is 0.574. The second-order valence-electron chi connectivity index (χ2n) is 8.58. The number of carbonyl (C=O) groups excluding carboxylic acids is 2. The van der Waals surface area contributed by atoms with Gasteiger partial charge in [0.1, 0.15) is 0 Å². The molecule has 0 saturated carbocycles. The van der Waals surface area contributed by atoms with Crippen LogP contribution in [0, 0.1) is 0 Å². The lowest BCUT2D eigenvalue weighted by atomic mass is 10.2.